The molecule has 2 N–H and O–H groups in total. The van der Waals surface area contributed by atoms with Crippen LogP contribution in [0.3, 0.4) is 0 Å². The standard InChI is InChI=1S/C23H20N4O/c1-14-7-10-20-21(11-14)25-23(24-20)27-22(28)19(15(2)26-27)13-16-8-9-17-5-3-4-6-18(17)12-16/h3-12,26H,13H2,1-2H3,(H,24,25). The molecule has 0 unspecified atom stereocenters. The first kappa shape index (κ1) is 16.6. The van der Waals surface area contributed by atoms with Crippen LogP contribution in [0.1, 0.15) is 22.4 Å². The molecule has 28 heavy (non-hydrogen) atoms. The number of rotatable bonds is 3. The van der Waals surface area contributed by atoms with E-state index in [0.717, 1.165) is 33.4 Å². The molecule has 5 rings (SSSR count). The van der Waals surface area contributed by atoms with Crippen LogP contribution >= 0.6 is 0 Å². The highest BCUT2D eigenvalue weighted by Gasteiger charge is 2.15. The van der Waals surface area contributed by atoms with E-state index in [0.29, 0.717) is 12.4 Å². The average molecular weight is 368 g/mol. The molecule has 0 aliphatic heterocycles. The number of hydrogen-bond donors (Lipinski definition) is 2. The summed E-state index contributed by atoms with van der Waals surface area (Å²) in [7, 11) is 0. The maximum absolute atomic E-state index is 13.1. The van der Waals surface area contributed by atoms with Crippen LogP contribution in [0.15, 0.2) is 65.5 Å². The van der Waals surface area contributed by atoms with Crippen LogP contribution < -0.4 is 5.56 Å². The lowest BCUT2D eigenvalue weighted by atomic mass is 10.0. The monoisotopic (exact) mass is 368 g/mol. The van der Waals surface area contributed by atoms with E-state index in [1.54, 1.807) is 0 Å². The van der Waals surface area contributed by atoms with Gasteiger partial charge in [0, 0.05) is 17.7 Å². The molecule has 0 aliphatic carbocycles. The summed E-state index contributed by atoms with van der Waals surface area (Å²) >= 11 is 0. The van der Waals surface area contributed by atoms with E-state index in [2.05, 4.69) is 45.4 Å². The summed E-state index contributed by atoms with van der Waals surface area (Å²) in [6, 6.07) is 20.6. The fourth-order valence-electron chi connectivity index (χ4n) is 3.71. The molecular weight excluding hydrogens is 348 g/mol. The number of aromatic amines is 2. The topological polar surface area (TPSA) is 66.5 Å². The van der Waals surface area contributed by atoms with E-state index >= 15 is 0 Å². The molecule has 5 nitrogen and oxygen atoms in total. The number of nitrogens with zero attached hydrogens (tertiary/aromatic N) is 2. The zero-order valence-corrected chi connectivity index (χ0v) is 15.8. The van der Waals surface area contributed by atoms with Crippen LogP contribution in [-0.2, 0) is 6.42 Å². The fraction of sp³-hybridized carbons (Fsp3) is 0.130. The zero-order chi connectivity index (χ0) is 19.3. The SMILES string of the molecule is Cc1ccc2nc(-n3[nH]c(C)c(Cc4ccc5ccccc5c4)c3=O)[nH]c2c1. The molecule has 0 amide bonds. The van der Waals surface area contributed by atoms with Crippen LogP contribution in [-0.4, -0.2) is 19.7 Å². The minimum Gasteiger partial charge on any atom is -0.322 e. The predicted octanol–water partition coefficient (Wildman–Crippen LogP) is 4.40. The Morgan fingerprint density at radius 2 is 1.79 bits per heavy atom. The Kier molecular flexibility index (Phi) is 3.69. The van der Waals surface area contributed by atoms with Gasteiger partial charge in [0.05, 0.1) is 11.0 Å². The highest BCUT2D eigenvalue weighted by atomic mass is 16.1. The zero-order valence-electron chi connectivity index (χ0n) is 15.8. The number of nitrogens with one attached hydrogen (secondary N) is 2. The molecular formula is C23H20N4O. The van der Waals surface area contributed by atoms with Gasteiger partial charge in [0.15, 0.2) is 0 Å². The predicted molar refractivity (Wildman–Crippen MR) is 112 cm³/mol. The van der Waals surface area contributed by atoms with Crippen molar-refractivity contribution < 1.29 is 0 Å². The number of imidazole rings is 1. The molecule has 138 valence electrons. The highest BCUT2D eigenvalue weighted by Crippen LogP contribution is 2.19. The summed E-state index contributed by atoms with van der Waals surface area (Å²) in [6.45, 7) is 3.97. The number of hydrogen-bond acceptors (Lipinski definition) is 2. The lowest BCUT2D eigenvalue weighted by molar-refractivity contribution is 0.790. The van der Waals surface area contributed by atoms with Crippen LogP contribution in [0.5, 0.6) is 0 Å². The van der Waals surface area contributed by atoms with E-state index in [4.69, 9.17) is 0 Å². The summed E-state index contributed by atoms with van der Waals surface area (Å²) in [5.74, 6) is 0.512. The van der Waals surface area contributed by atoms with Crippen molar-refractivity contribution in [3.8, 4) is 5.95 Å². The van der Waals surface area contributed by atoms with E-state index in [1.165, 1.54) is 15.5 Å². The fourth-order valence-corrected chi connectivity index (χ4v) is 3.71. The molecule has 0 fully saturated rings. The van der Waals surface area contributed by atoms with Gasteiger partial charge in [-0.1, -0.05) is 48.5 Å². The van der Waals surface area contributed by atoms with Gasteiger partial charge < -0.3 is 4.98 Å². The number of benzene rings is 3. The van der Waals surface area contributed by atoms with E-state index in [1.807, 2.05) is 44.2 Å². The summed E-state index contributed by atoms with van der Waals surface area (Å²) in [5.41, 5.74) is 5.57. The minimum absolute atomic E-state index is 0.0681. The Balaban J connectivity index is 1.55. The Hall–Kier alpha value is -3.60. The molecule has 0 spiro atoms. The molecule has 0 atom stereocenters. The van der Waals surface area contributed by atoms with Gasteiger partial charge in [-0.25, -0.2) is 4.98 Å². The third kappa shape index (κ3) is 2.72. The van der Waals surface area contributed by atoms with Gasteiger partial charge in [0.2, 0.25) is 5.95 Å². The van der Waals surface area contributed by atoms with Crippen LogP contribution in [0, 0.1) is 13.8 Å². The van der Waals surface area contributed by atoms with Crippen LogP contribution in [0.2, 0.25) is 0 Å². The third-order valence-corrected chi connectivity index (χ3v) is 5.22. The molecule has 2 aromatic heterocycles. The summed E-state index contributed by atoms with van der Waals surface area (Å²) < 4.78 is 1.50. The molecule has 0 aliphatic rings. The second-order valence-corrected chi connectivity index (χ2v) is 7.30. The minimum atomic E-state index is -0.0681. The average Bonchev–Trinajstić information content (AvgIpc) is 3.23. The second-order valence-electron chi connectivity index (χ2n) is 7.30. The Morgan fingerprint density at radius 3 is 2.64 bits per heavy atom. The number of aromatic nitrogens is 4. The maximum atomic E-state index is 13.1. The summed E-state index contributed by atoms with van der Waals surface area (Å²) in [5, 5.41) is 5.56. The van der Waals surface area contributed by atoms with Crippen molar-refractivity contribution in [3.05, 3.63) is 93.4 Å². The first-order chi connectivity index (χ1) is 13.6. The highest BCUT2D eigenvalue weighted by molar-refractivity contribution is 5.83. The second kappa shape index (κ2) is 6.23. The molecule has 0 bridgehead atoms. The molecule has 5 aromatic rings. The molecule has 0 saturated carbocycles. The Bertz CT molecular complexity index is 1390. The van der Waals surface area contributed by atoms with Gasteiger partial charge in [-0.3, -0.25) is 9.89 Å². The summed E-state index contributed by atoms with van der Waals surface area (Å²) in [6.07, 6.45) is 0.582. The normalized spacial score (nSPS) is 11.5. The van der Waals surface area contributed by atoms with Crippen molar-refractivity contribution in [1.82, 2.24) is 19.7 Å². The van der Waals surface area contributed by atoms with Crippen LogP contribution in [0.25, 0.3) is 27.8 Å². The quantitative estimate of drug-likeness (QED) is 0.496. The molecule has 0 radical (unpaired) electrons. The Labute approximate surface area is 161 Å². The summed E-state index contributed by atoms with van der Waals surface area (Å²) in [4.78, 5) is 20.9. The number of H-pyrrole nitrogens is 2. The first-order valence-corrected chi connectivity index (χ1v) is 9.33. The van der Waals surface area contributed by atoms with Gasteiger partial charge in [0.1, 0.15) is 0 Å². The van der Waals surface area contributed by atoms with Gasteiger partial charge in [-0.2, -0.15) is 4.68 Å². The first-order valence-electron chi connectivity index (χ1n) is 9.33. The molecule has 2 heterocycles. The van der Waals surface area contributed by atoms with E-state index in [9.17, 15) is 4.79 Å². The lowest BCUT2D eigenvalue weighted by Gasteiger charge is -2.02. The Morgan fingerprint density at radius 1 is 0.964 bits per heavy atom. The largest absolute Gasteiger partial charge is 0.322 e. The van der Waals surface area contributed by atoms with E-state index < -0.39 is 0 Å². The number of aryl methyl sites for hydroxylation is 2. The van der Waals surface area contributed by atoms with Crippen molar-refractivity contribution in [3.63, 3.8) is 0 Å². The van der Waals surface area contributed by atoms with Gasteiger partial charge in [-0.15, -0.1) is 0 Å². The van der Waals surface area contributed by atoms with Gasteiger partial charge in [-0.05, 0) is 47.9 Å². The molecule has 0 saturated heterocycles. The van der Waals surface area contributed by atoms with Crippen molar-refractivity contribution in [2.75, 3.05) is 0 Å². The van der Waals surface area contributed by atoms with E-state index in [-0.39, 0.29) is 5.56 Å². The smallest absolute Gasteiger partial charge is 0.277 e. The van der Waals surface area contributed by atoms with Gasteiger partial charge in [0.25, 0.3) is 5.56 Å². The molecule has 5 heteroatoms. The van der Waals surface area contributed by atoms with Crippen molar-refractivity contribution in [2.45, 2.75) is 20.3 Å². The number of fused-ring (bicyclic) bond motifs is 2. The van der Waals surface area contributed by atoms with Crippen LogP contribution in [0.4, 0.5) is 0 Å². The van der Waals surface area contributed by atoms with Crippen molar-refractivity contribution in [1.29, 1.82) is 0 Å². The lowest BCUT2D eigenvalue weighted by Crippen LogP contribution is -2.18. The maximum Gasteiger partial charge on any atom is 0.277 e. The van der Waals surface area contributed by atoms with Crippen molar-refractivity contribution in [2.24, 2.45) is 0 Å². The molecule has 3 aromatic carbocycles. The third-order valence-electron chi connectivity index (χ3n) is 5.22. The van der Waals surface area contributed by atoms with Gasteiger partial charge >= 0.3 is 0 Å². The van der Waals surface area contributed by atoms with Crippen molar-refractivity contribution >= 4 is 21.8 Å².